The number of carbonyl (C=O) groups is 2. The van der Waals surface area contributed by atoms with Crippen molar-refractivity contribution in [2.75, 3.05) is 36.6 Å². The Bertz CT molecular complexity index is 820. The molecule has 0 saturated heterocycles. The van der Waals surface area contributed by atoms with Crippen LogP contribution in [-0.2, 0) is 9.59 Å². The summed E-state index contributed by atoms with van der Waals surface area (Å²) >= 11 is 0. The Morgan fingerprint density at radius 2 is 1.78 bits per heavy atom. The average molecular weight is 370 g/mol. The van der Waals surface area contributed by atoms with E-state index in [9.17, 15) is 9.59 Å². The van der Waals surface area contributed by atoms with Crippen LogP contribution in [0.5, 0.6) is 17.2 Å². The fraction of sp³-hybridized carbons (Fsp3) is 0.300. The largest absolute Gasteiger partial charge is 0.494 e. The van der Waals surface area contributed by atoms with Gasteiger partial charge in [-0.3, -0.25) is 9.59 Å². The number of carbonyl (C=O) groups excluding carboxylic acids is 2. The minimum Gasteiger partial charge on any atom is -0.494 e. The average Bonchev–Trinajstić information content (AvgIpc) is 2.67. The first-order chi connectivity index (χ1) is 13.1. The highest BCUT2D eigenvalue weighted by Gasteiger charge is 2.17. The first kappa shape index (κ1) is 18.6. The second kappa shape index (κ2) is 8.44. The zero-order valence-electron chi connectivity index (χ0n) is 15.4. The number of rotatable bonds is 6. The molecule has 27 heavy (non-hydrogen) atoms. The quantitative estimate of drug-likeness (QED) is 0.846. The normalized spacial score (nSPS) is 12.2. The molecule has 0 bridgehead atoms. The van der Waals surface area contributed by atoms with E-state index in [1.165, 1.54) is 11.8 Å². The van der Waals surface area contributed by atoms with Crippen molar-refractivity contribution in [3.05, 3.63) is 42.5 Å². The molecule has 0 unspecified atom stereocenters. The first-order valence-electron chi connectivity index (χ1n) is 8.77. The van der Waals surface area contributed by atoms with E-state index in [2.05, 4.69) is 5.32 Å². The van der Waals surface area contributed by atoms with Gasteiger partial charge < -0.3 is 24.4 Å². The molecule has 0 fully saturated rings. The van der Waals surface area contributed by atoms with Crippen LogP contribution in [0.15, 0.2) is 42.5 Å². The van der Waals surface area contributed by atoms with Crippen LogP contribution in [0.1, 0.15) is 13.8 Å². The van der Waals surface area contributed by atoms with Crippen molar-refractivity contribution in [1.82, 2.24) is 0 Å². The first-order valence-corrected chi connectivity index (χ1v) is 8.77. The Kier molecular flexibility index (Phi) is 5.80. The Morgan fingerprint density at radius 3 is 2.44 bits per heavy atom. The number of nitrogens with one attached hydrogen (secondary N) is 1. The summed E-state index contributed by atoms with van der Waals surface area (Å²) in [6, 6.07) is 12.2. The smallest absolute Gasteiger partial charge is 0.244 e. The van der Waals surface area contributed by atoms with Gasteiger partial charge in [0.2, 0.25) is 11.8 Å². The summed E-state index contributed by atoms with van der Waals surface area (Å²) < 4.78 is 16.4. The molecule has 142 valence electrons. The van der Waals surface area contributed by atoms with E-state index in [-0.39, 0.29) is 18.4 Å². The number of benzene rings is 2. The molecule has 0 aliphatic carbocycles. The minimum absolute atomic E-state index is 0.0994. The standard InChI is InChI=1S/C20H22N2O5/c1-3-25-17-7-5-16(6-8-17)22(14(2)23)13-20(24)21-15-4-9-18-19(12-15)27-11-10-26-18/h4-9,12H,3,10-11,13H2,1-2H3,(H,21,24). The van der Waals surface area contributed by atoms with Gasteiger partial charge in [0.1, 0.15) is 25.5 Å². The fourth-order valence-corrected chi connectivity index (χ4v) is 2.74. The van der Waals surface area contributed by atoms with Crippen LogP contribution in [0.4, 0.5) is 11.4 Å². The van der Waals surface area contributed by atoms with E-state index in [4.69, 9.17) is 14.2 Å². The van der Waals surface area contributed by atoms with Gasteiger partial charge in [-0.15, -0.1) is 0 Å². The molecule has 1 heterocycles. The minimum atomic E-state index is -0.309. The molecule has 1 aliphatic heterocycles. The highest BCUT2D eigenvalue weighted by molar-refractivity contribution is 6.01. The highest BCUT2D eigenvalue weighted by Crippen LogP contribution is 2.32. The number of amides is 2. The lowest BCUT2D eigenvalue weighted by Crippen LogP contribution is -2.36. The van der Waals surface area contributed by atoms with Gasteiger partial charge in [0.25, 0.3) is 0 Å². The lowest BCUT2D eigenvalue weighted by atomic mass is 10.2. The molecule has 0 spiro atoms. The summed E-state index contributed by atoms with van der Waals surface area (Å²) in [5.74, 6) is 1.42. The zero-order valence-corrected chi connectivity index (χ0v) is 15.4. The second-order valence-corrected chi connectivity index (χ2v) is 5.94. The number of hydrogen-bond acceptors (Lipinski definition) is 5. The molecule has 0 aromatic heterocycles. The third-order valence-electron chi connectivity index (χ3n) is 3.97. The van der Waals surface area contributed by atoms with Crippen LogP contribution < -0.4 is 24.4 Å². The SMILES string of the molecule is CCOc1ccc(N(CC(=O)Nc2ccc3c(c2)OCCO3)C(C)=O)cc1. The number of nitrogens with zero attached hydrogens (tertiary/aromatic N) is 1. The van der Waals surface area contributed by atoms with Crippen molar-refractivity contribution < 1.29 is 23.8 Å². The third-order valence-corrected chi connectivity index (χ3v) is 3.97. The van der Waals surface area contributed by atoms with Gasteiger partial charge in [0, 0.05) is 24.4 Å². The Morgan fingerprint density at radius 1 is 1.07 bits per heavy atom. The summed E-state index contributed by atoms with van der Waals surface area (Å²) in [4.78, 5) is 25.9. The molecule has 7 heteroatoms. The van der Waals surface area contributed by atoms with Gasteiger partial charge in [-0.1, -0.05) is 0 Å². The van der Waals surface area contributed by atoms with Gasteiger partial charge in [0.05, 0.1) is 6.61 Å². The lowest BCUT2D eigenvalue weighted by molar-refractivity contribution is -0.120. The van der Waals surface area contributed by atoms with Crippen LogP contribution in [0.2, 0.25) is 0 Å². The Hall–Kier alpha value is -3.22. The molecular weight excluding hydrogens is 348 g/mol. The maximum absolute atomic E-state index is 12.4. The second-order valence-electron chi connectivity index (χ2n) is 5.94. The van der Waals surface area contributed by atoms with Crippen molar-refractivity contribution in [2.24, 2.45) is 0 Å². The van der Waals surface area contributed by atoms with Crippen LogP contribution >= 0.6 is 0 Å². The monoisotopic (exact) mass is 370 g/mol. The van der Waals surface area contributed by atoms with E-state index in [0.29, 0.717) is 48.4 Å². The van der Waals surface area contributed by atoms with Gasteiger partial charge in [-0.05, 0) is 43.3 Å². The molecule has 3 rings (SSSR count). The molecule has 2 aromatic rings. The maximum Gasteiger partial charge on any atom is 0.244 e. The number of hydrogen-bond donors (Lipinski definition) is 1. The van der Waals surface area contributed by atoms with Crippen molar-refractivity contribution in [3.8, 4) is 17.2 Å². The molecule has 1 aliphatic rings. The molecular formula is C20H22N2O5. The van der Waals surface area contributed by atoms with Crippen molar-refractivity contribution in [3.63, 3.8) is 0 Å². The van der Waals surface area contributed by atoms with Crippen LogP contribution in [0.3, 0.4) is 0 Å². The molecule has 0 saturated carbocycles. The van der Waals surface area contributed by atoms with Crippen molar-refractivity contribution in [2.45, 2.75) is 13.8 Å². The molecule has 1 N–H and O–H groups in total. The van der Waals surface area contributed by atoms with Gasteiger partial charge >= 0.3 is 0 Å². The van der Waals surface area contributed by atoms with E-state index < -0.39 is 0 Å². The molecule has 2 amide bonds. The molecule has 0 atom stereocenters. The van der Waals surface area contributed by atoms with Crippen LogP contribution in [0.25, 0.3) is 0 Å². The summed E-state index contributed by atoms with van der Waals surface area (Å²) in [7, 11) is 0. The van der Waals surface area contributed by atoms with E-state index in [1.54, 1.807) is 42.5 Å². The van der Waals surface area contributed by atoms with E-state index in [0.717, 1.165) is 0 Å². The molecule has 7 nitrogen and oxygen atoms in total. The van der Waals surface area contributed by atoms with Gasteiger partial charge in [-0.25, -0.2) is 0 Å². The van der Waals surface area contributed by atoms with Crippen molar-refractivity contribution >= 4 is 23.2 Å². The number of anilines is 2. The van der Waals surface area contributed by atoms with Crippen molar-refractivity contribution in [1.29, 1.82) is 0 Å². The molecule has 2 aromatic carbocycles. The summed E-state index contributed by atoms with van der Waals surface area (Å²) in [6.45, 7) is 4.77. The fourth-order valence-electron chi connectivity index (χ4n) is 2.74. The third kappa shape index (κ3) is 4.69. The van der Waals surface area contributed by atoms with E-state index >= 15 is 0 Å². The lowest BCUT2D eigenvalue weighted by Gasteiger charge is -2.22. The summed E-state index contributed by atoms with van der Waals surface area (Å²) in [6.07, 6.45) is 0. The van der Waals surface area contributed by atoms with Gasteiger partial charge in [-0.2, -0.15) is 0 Å². The molecule has 0 radical (unpaired) electrons. The maximum atomic E-state index is 12.4. The predicted molar refractivity (Wildman–Crippen MR) is 102 cm³/mol. The Labute approximate surface area is 157 Å². The number of fused-ring (bicyclic) bond motifs is 1. The summed E-state index contributed by atoms with van der Waals surface area (Å²) in [5, 5.41) is 2.79. The summed E-state index contributed by atoms with van der Waals surface area (Å²) in [5.41, 5.74) is 1.21. The van der Waals surface area contributed by atoms with Crippen LogP contribution in [0, 0.1) is 0 Å². The van der Waals surface area contributed by atoms with Crippen LogP contribution in [-0.4, -0.2) is 38.2 Å². The highest BCUT2D eigenvalue weighted by atomic mass is 16.6. The van der Waals surface area contributed by atoms with Gasteiger partial charge in [0.15, 0.2) is 11.5 Å². The predicted octanol–water partition coefficient (Wildman–Crippen LogP) is 2.85. The topological polar surface area (TPSA) is 77.1 Å². The Balaban J connectivity index is 1.67. The zero-order chi connectivity index (χ0) is 19.2. The number of ether oxygens (including phenoxy) is 3. The van der Waals surface area contributed by atoms with E-state index in [1.807, 2.05) is 6.92 Å².